The zero-order valence-electron chi connectivity index (χ0n) is 18.9. The van der Waals surface area contributed by atoms with E-state index in [1.165, 1.54) is 11.1 Å². The third kappa shape index (κ3) is 7.12. The van der Waals surface area contributed by atoms with Crippen LogP contribution in [0.1, 0.15) is 56.8 Å². The number of benzene rings is 2. The molecule has 2 aromatic carbocycles. The summed E-state index contributed by atoms with van der Waals surface area (Å²) in [4.78, 5) is 16.4. The molecule has 0 radical (unpaired) electrons. The first-order valence-electron chi connectivity index (χ1n) is 11.6. The van der Waals surface area contributed by atoms with Gasteiger partial charge in [0, 0.05) is 25.9 Å². The number of fused-ring (bicyclic) bond motifs is 1. The van der Waals surface area contributed by atoms with Gasteiger partial charge in [0.2, 0.25) is 5.91 Å². The Bertz CT molecular complexity index is 947. The molecule has 0 saturated heterocycles. The molecule has 0 aliphatic rings. The number of carbonyl (C=O) groups is 1. The van der Waals surface area contributed by atoms with Crippen LogP contribution in [0.5, 0.6) is 5.75 Å². The van der Waals surface area contributed by atoms with Crippen LogP contribution in [0.15, 0.2) is 48.5 Å². The molecule has 0 aliphatic carbocycles. The summed E-state index contributed by atoms with van der Waals surface area (Å²) >= 11 is 0. The summed E-state index contributed by atoms with van der Waals surface area (Å²) in [5.41, 5.74) is 3.49. The molecule has 0 bridgehead atoms. The van der Waals surface area contributed by atoms with E-state index in [1.54, 1.807) is 0 Å². The SMILES string of the molecule is CCCC(=O)NCCCCCc1nc2ccccc2n1CCCOc1ccc(C)cc1. The summed E-state index contributed by atoms with van der Waals surface area (Å²) in [6, 6.07) is 16.6. The Morgan fingerprint density at radius 1 is 1.03 bits per heavy atom. The summed E-state index contributed by atoms with van der Waals surface area (Å²) < 4.78 is 8.25. The third-order valence-corrected chi connectivity index (χ3v) is 5.43. The lowest BCUT2D eigenvalue weighted by atomic mass is 10.2. The van der Waals surface area contributed by atoms with Crippen LogP contribution in [0.25, 0.3) is 11.0 Å². The average Bonchev–Trinajstić information content (AvgIpc) is 3.12. The molecule has 5 nitrogen and oxygen atoms in total. The van der Waals surface area contributed by atoms with Gasteiger partial charge in [-0.3, -0.25) is 4.79 Å². The van der Waals surface area contributed by atoms with Crippen molar-refractivity contribution in [3.8, 4) is 5.75 Å². The van der Waals surface area contributed by atoms with Gasteiger partial charge in [0.25, 0.3) is 0 Å². The van der Waals surface area contributed by atoms with Crippen LogP contribution in [0, 0.1) is 6.92 Å². The summed E-state index contributed by atoms with van der Waals surface area (Å²) in [6.07, 6.45) is 6.59. The fourth-order valence-corrected chi connectivity index (χ4v) is 3.74. The fourth-order valence-electron chi connectivity index (χ4n) is 3.74. The highest BCUT2D eigenvalue weighted by molar-refractivity contribution is 5.76. The maximum atomic E-state index is 11.5. The van der Waals surface area contributed by atoms with Gasteiger partial charge < -0.3 is 14.6 Å². The molecule has 3 aromatic rings. The number of unbranched alkanes of at least 4 members (excludes halogenated alkanes) is 2. The number of nitrogens with zero attached hydrogens (tertiary/aromatic N) is 2. The number of amides is 1. The number of aryl methyl sites for hydroxylation is 3. The minimum atomic E-state index is 0.164. The van der Waals surface area contributed by atoms with Crippen LogP contribution in [0.3, 0.4) is 0 Å². The van der Waals surface area contributed by atoms with Crippen LogP contribution < -0.4 is 10.1 Å². The summed E-state index contributed by atoms with van der Waals surface area (Å²) in [7, 11) is 0. The Hall–Kier alpha value is -2.82. The van der Waals surface area contributed by atoms with E-state index in [2.05, 4.69) is 47.1 Å². The molecular formula is C26H35N3O2. The molecule has 1 aromatic heterocycles. The Balaban J connectivity index is 1.48. The molecule has 1 heterocycles. The molecule has 166 valence electrons. The van der Waals surface area contributed by atoms with Crippen molar-refractivity contribution in [1.29, 1.82) is 0 Å². The second kappa shape index (κ2) is 12.1. The summed E-state index contributed by atoms with van der Waals surface area (Å²) in [5.74, 6) is 2.23. The summed E-state index contributed by atoms with van der Waals surface area (Å²) in [6.45, 7) is 6.46. The third-order valence-electron chi connectivity index (χ3n) is 5.43. The van der Waals surface area contributed by atoms with Crippen molar-refractivity contribution in [1.82, 2.24) is 14.9 Å². The molecule has 3 rings (SSSR count). The van der Waals surface area contributed by atoms with Crippen molar-refractivity contribution >= 4 is 16.9 Å². The van der Waals surface area contributed by atoms with Crippen LogP contribution in [-0.2, 0) is 17.8 Å². The number of rotatable bonds is 13. The molecule has 0 unspecified atom stereocenters. The highest BCUT2D eigenvalue weighted by Gasteiger charge is 2.10. The molecule has 1 amide bonds. The van der Waals surface area contributed by atoms with Crippen molar-refractivity contribution in [3.05, 3.63) is 59.9 Å². The van der Waals surface area contributed by atoms with Crippen molar-refractivity contribution in [2.45, 2.75) is 65.3 Å². The average molecular weight is 422 g/mol. The largest absolute Gasteiger partial charge is 0.494 e. The Kier molecular flexibility index (Phi) is 8.95. The van der Waals surface area contributed by atoms with E-state index in [0.717, 1.165) is 68.7 Å². The lowest BCUT2D eigenvalue weighted by Gasteiger charge is -2.11. The number of nitrogens with one attached hydrogen (secondary N) is 1. The maximum Gasteiger partial charge on any atom is 0.219 e. The van der Waals surface area contributed by atoms with Crippen molar-refractivity contribution in [3.63, 3.8) is 0 Å². The number of para-hydroxylation sites is 2. The number of hydrogen-bond donors (Lipinski definition) is 1. The molecule has 1 N–H and O–H groups in total. The molecule has 0 spiro atoms. The number of imidazole rings is 1. The lowest BCUT2D eigenvalue weighted by molar-refractivity contribution is -0.121. The molecule has 0 saturated carbocycles. The molecule has 0 fully saturated rings. The van der Waals surface area contributed by atoms with E-state index >= 15 is 0 Å². The first kappa shape index (κ1) is 22.9. The van der Waals surface area contributed by atoms with Crippen LogP contribution in [-0.4, -0.2) is 28.6 Å². The van der Waals surface area contributed by atoms with E-state index in [-0.39, 0.29) is 5.91 Å². The fraction of sp³-hybridized carbons (Fsp3) is 0.462. The molecule has 5 heteroatoms. The maximum absolute atomic E-state index is 11.5. The standard InChI is InChI=1S/C26H35N3O2/c1-3-10-26(30)27-18-8-4-5-13-25-28-23-11-6-7-12-24(23)29(25)19-9-20-31-22-16-14-21(2)15-17-22/h6-7,11-12,14-17H,3-5,8-10,13,18-20H2,1-2H3,(H,27,30). The number of carbonyl (C=O) groups excluding carboxylic acids is 1. The smallest absolute Gasteiger partial charge is 0.219 e. The lowest BCUT2D eigenvalue weighted by Crippen LogP contribution is -2.23. The second-order valence-electron chi connectivity index (χ2n) is 8.09. The number of aromatic nitrogens is 2. The number of hydrogen-bond acceptors (Lipinski definition) is 3. The predicted octanol–water partition coefficient (Wildman–Crippen LogP) is 5.44. The highest BCUT2D eigenvalue weighted by atomic mass is 16.5. The minimum absolute atomic E-state index is 0.164. The molecule has 0 atom stereocenters. The predicted molar refractivity (Wildman–Crippen MR) is 126 cm³/mol. The van der Waals surface area contributed by atoms with Gasteiger partial charge in [-0.2, -0.15) is 0 Å². The Morgan fingerprint density at radius 3 is 2.65 bits per heavy atom. The van der Waals surface area contributed by atoms with E-state index in [0.29, 0.717) is 13.0 Å². The Labute approximate surface area is 185 Å². The van der Waals surface area contributed by atoms with E-state index in [1.807, 2.05) is 25.1 Å². The quantitative estimate of drug-likeness (QED) is 0.374. The summed E-state index contributed by atoms with van der Waals surface area (Å²) in [5, 5.41) is 2.99. The van der Waals surface area contributed by atoms with Gasteiger partial charge in [-0.25, -0.2) is 4.98 Å². The van der Waals surface area contributed by atoms with Crippen LogP contribution in [0.4, 0.5) is 0 Å². The van der Waals surface area contributed by atoms with Gasteiger partial charge in [-0.1, -0.05) is 43.2 Å². The van der Waals surface area contributed by atoms with Gasteiger partial charge in [0.1, 0.15) is 11.6 Å². The first-order valence-corrected chi connectivity index (χ1v) is 11.6. The minimum Gasteiger partial charge on any atom is -0.494 e. The van der Waals surface area contributed by atoms with Crippen LogP contribution in [0.2, 0.25) is 0 Å². The van der Waals surface area contributed by atoms with Gasteiger partial charge in [0.15, 0.2) is 0 Å². The van der Waals surface area contributed by atoms with Gasteiger partial charge in [0.05, 0.1) is 17.6 Å². The van der Waals surface area contributed by atoms with Gasteiger partial charge in [-0.15, -0.1) is 0 Å². The monoisotopic (exact) mass is 421 g/mol. The second-order valence-corrected chi connectivity index (χ2v) is 8.09. The molecular weight excluding hydrogens is 386 g/mol. The van der Waals surface area contributed by atoms with Gasteiger partial charge >= 0.3 is 0 Å². The zero-order valence-corrected chi connectivity index (χ0v) is 18.9. The van der Waals surface area contributed by atoms with E-state index in [9.17, 15) is 4.79 Å². The molecule has 0 aliphatic heterocycles. The number of ether oxygens (including phenoxy) is 1. The van der Waals surface area contributed by atoms with E-state index in [4.69, 9.17) is 9.72 Å². The van der Waals surface area contributed by atoms with Gasteiger partial charge in [-0.05, 0) is 56.9 Å². The zero-order chi connectivity index (χ0) is 21.9. The molecule has 31 heavy (non-hydrogen) atoms. The van der Waals surface area contributed by atoms with Crippen LogP contribution >= 0.6 is 0 Å². The van der Waals surface area contributed by atoms with Crippen molar-refractivity contribution < 1.29 is 9.53 Å². The van der Waals surface area contributed by atoms with Crippen molar-refractivity contribution in [2.24, 2.45) is 0 Å². The van der Waals surface area contributed by atoms with E-state index < -0.39 is 0 Å². The first-order chi connectivity index (χ1) is 15.2. The normalized spacial score (nSPS) is 11.0. The highest BCUT2D eigenvalue weighted by Crippen LogP contribution is 2.19. The topological polar surface area (TPSA) is 56.2 Å². The van der Waals surface area contributed by atoms with Crippen molar-refractivity contribution in [2.75, 3.05) is 13.2 Å². The Morgan fingerprint density at radius 2 is 1.84 bits per heavy atom.